The van der Waals surface area contributed by atoms with Crippen LogP contribution in [0.25, 0.3) is 22.3 Å². The van der Waals surface area contributed by atoms with Crippen LogP contribution in [0.1, 0.15) is 49.9 Å². The molecule has 0 saturated heterocycles. The first-order valence-corrected chi connectivity index (χ1v) is 13.4. The van der Waals surface area contributed by atoms with Gasteiger partial charge in [0.15, 0.2) is 0 Å². The third kappa shape index (κ3) is 5.34. The van der Waals surface area contributed by atoms with Gasteiger partial charge in [0.1, 0.15) is 23.0 Å². The highest BCUT2D eigenvalue weighted by Gasteiger charge is 2.35. The van der Waals surface area contributed by atoms with E-state index in [2.05, 4.69) is 10.3 Å². The summed E-state index contributed by atoms with van der Waals surface area (Å²) < 4.78 is 12.4. The molecule has 9 heteroatoms. The van der Waals surface area contributed by atoms with Crippen molar-refractivity contribution < 1.29 is 23.8 Å². The van der Waals surface area contributed by atoms with E-state index < -0.39 is 12.1 Å². The van der Waals surface area contributed by atoms with Crippen LogP contribution in [0.15, 0.2) is 47.0 Å². The molecule has 5 rings (SSSR count). The number of hydrogen-bond acceptors (Lipinski definition) is 6. The predicted octanol–water partition coefficient (Wildman–Crippen LogP) is 4.30. The predicted molar refractivity (Wildman–Crippen MR) is 144 cm³/mol. The fourth-order valence-corrected chi connectivity index (χ4v) is 5.29. The van der Waals surface area contributed by atoms with Gasteiger partial charge in [-0.25, -0.2) is 9.78 Å². The monoisotopic (exact) mass is 520 g/mol. The zero-order chi connectivity index (χ0) is 26.8. The Balaban J connectivity index is 1.44. The highest BCUT2D eigenvalue weighted by Crippen LogP contribution is 2.33. The van der Waals surface area contributed by atoms with Crippen molar-refractivity contribution in [2.75, 3.05) is 26.7 Å². The summed E-state index contributed by atoms with van der Waals surface area (Å²) in [6, 6.07) is 11.1. The molecule has 0 unspecified atom stereocenters. The van der Waals surface area contributed by atoms with E-state index in [1.807, 2.05) is 44.2 Å². The van der Waals surface area contributed by atoms with Crippen LogP contribution in [-0.4, -0.2) is 76.8 Å². The number of aliphatic hydroxyl groups excluding tert-OH is 1. The number of ether oxygens (including phenoxy) is 1. The molecule has 0 radical (unpaired) electrons. The molecule has 1 aliphatic carbocycles. The highest BCUT2D eigenvalue weighted by atomic mass is 16.5. The second-order valence-corrected chi connectivity index (χ2v) is 10.7. The Labute approximate surface area is 222 Å². The average molecular weight is 521 g/mol. The molecule has 0 bridgehead atoms. The Morgan fingerprint density at radius 1 is 1.26 bits per heavy atom. The van der Waals surface area contributed by atoms with E-state index in [-0.39, 0.29) is 36.4 Å². The van der Waals surface area contributed by atoms with Gasteiger partial charge >= 0.3 is 6.03 Å². The molecule has 9 nitrogen and oxygen atoms in total. The van der Waals surface area contributed by atoms with E-state index in [1.165, 1.54) is 0 Å². The van der Waals surface area contributed by atoms with Crippen LogP contribution < -0.4 is 10.1 Å². The van der Waals surface area contributed by atoms with E-state index in [4.69, 9.17) is 9.15 Å². The van der Waals surface area contributed by atoms with Crippen LogP contribution in [0.4, 0.5) is 4.79 Å². The van der Waals surface area contributed by atoms with Crippen LogP contribution in [-0.2, 0) is 0 Å². The maximum Gasteiger partial charge on any atom is 0.317 e. The summed E-state index contributed by atoms with van der Waals surface area (Å²) >= 11 is 0. The minimum Gasteiger partial charge on any atom is -0.472 e. The number of pyridine rings is 1. The van der Waals surface area contributed by atoms with Gasteiger partial charge in [-0.15, -0.1) is 0 Å². The summed E-state index contributed by atoms with van der Waals surface area (Å²) in [5.41, 5.74) is 1.71. The number of benzene rings is 1. The van der Waals surface area contributed by atoms with Crippen LogP contribution >= 0.6 is 0 Å². The molecule has 2 aromatic heterocycles. The minimum absolute atomic E-state index is 0.111. The molecule has 1 aliphatic heterocycles. The van der Waals surface area contributed by atoms with Gasteiger partial charge in [-0.05, 0) is 38.0 Å². The van der Waals surface area contributed by atoms with E-state index >= 15 is 0 Å². The first kappa shape index (κ1) is 26.0. The van der Waals surface area contributed by atoms with Gasteiger partial charge in [-0.3, -0.25) is 4.79 Å². The number of rotatable bonds is 6. The second-order valence-electron chi connectivity index (χ2n) is 10.7. The molecular weight excluding hydrogens is 484 g/mol. The Bertz CT molecular complexity index is 1270. The average Bonchev–Trinajstić information content (AvgIpc) is 3.59. The summed E-state index contributed by atoms with van der Waals surface area (Å²) in [6.45, 7) is 4.35. The molecule has 1 saturated carbocycles. The number of carbonyl (C=O) groups excluding carboxylic acids is 2. The van der Waals surface area contributed by atoms with Gasteiger partial charge in [0.25, 0.3) is 5.91 Å². The van der Waals surface area contributed by atoms with Crippen LogP contribution in [0, 0.1) is 5.92 Å². The van der Waals surface area contributed by atoms with Crippen molar-refractivity contribution in [3.63, 3.8) is 0 Å². The molecular formula is C29H36N4O5. The number of urea groups is 1. The highest BCUT2D eigenvalue weighted by molar-refractivity contribution is 5.98. The summed E-state index contributed by atoms with van der Waals surface area (Å²) in [5.74, 6) is 0.446. The van der Waals surface area contributed by atoms with Crippen LogP contribution in [0.3, 0.4) is 0 Å². The van der Waals surface area contributed by atoms with Crippen molar-refractivity contribution in [1.29, 1.82) is 0 Å². The van der Waals surface area contributed by atoms with E-state index in [9.17, 15) is 14.7 Å². The molecule has 1 fully saturated rings. The zero-order valence-electron chi connectivity index (χ0n) is 22.2. The number of para-hydroxylation sites is 1. The molecule has 1 aromatic carbocycles. The first-order valence-electron chi connectivity index (χ1n) is 13.4. The molecule has 2 N–H and O–H groups in total. The molecule has 2 aliphatic rings. The Hall–Kier alpha value is -3.59. The number of aliphatic hydroxyl groups is 1. The van der Waals surface area contributed by atoms with Gasteiger partial charge in [-0.2, -0.15) is 0 Å². The lowest BCUT2D eigenvalue weighted by atomic mass is 9.99. The van der Waals surface area contributed by atoms with E-state index in [0.717, 1.165) is 36.7 Å². The number of furan rings is 1. The molecule has 38 heavy (non-hydrogen) atoms. The number of aromatic nitrogens is 1. The smallest absolute Gasteiger partial charge is 0.317 e. The number of amides is 3. The number of carbonyl (C=O) groups is 2. The van der Waals surface area contributed by atoms with Crippen molar-refractivity contribution >= 4 is 22.9 Å². The minimum atomic E-state index is -0.404. The number of hydrogen-bond donors (Lipinski definition) is 2. The SMILES string of the molecule is C[C@H](CO)N1C[C@H](C)[C@H](CN(C)C(=O)NC2CCCC2)Oc2ncc(-c3cc4ccccc4o3)cc2C1=O. The van der Waals surface area contributed by atoms with Crippen LogP contribution in [0.5, 0.6) is 5.88 Å². The molecule has 3 aromatic rings. The van der Waals surface area contributed by atoms with Crippen molar-refractivity contribution in [3.05, 3.63) is 48.2 Å². The number of nitrogens with zero attached hydrogens (tertiary/aromatic N) is 3. The molecule has 3 atom stereocenters. The van der Waals surface area contributed by atoms with Crippen molar-refractivity contribution in [2.45, 2.75) is 57.7 Å². The third-order valence-corrected chi connectivity index (χ3v) is 7.71. The van der Waals surface area contributed by atoms with E-state index in [1.54, 1.807) is 29.1 Å². The Morgan fingerprint density at radius 3 is 2.76 bits per heavy atom. The molecule has 3 amide bonds. The third-order valence-electron chi connectivity index (χ3n) is 7.71. The molecule has 3 heterocycles. The van der Waals surface area contributed by atoms with Gasteiger partial charge < -0.3 is 29.4 Å². The second kappa shape index (κ2) is 11.0. The first-order chi connectivity index (χ1) is 18.3. The standard InChI is InChI=1S/C29H36N4O5/c1-18-15-33(19(2)17-34)28(35)23-12-21(25-13-20-8-4-7-11-24(20)37-25)14-30-27(23)38-26(18)16-32(3)29(36)31-22-9-5-6-10-22/h4,7-8,11-14,18-19,22,26,34H,5-6,9-10,15-17H2,1-3H3,(H,31,36)/t18-,19+,26-/m0/s1. The topological polar surface area (TPSA) is 108 Å². The lowest BCUT2D eigenvalue weighted by molar-refractivity contribution is 0.0351. The lowest BCUT2D eigenvalue weighted by Gasteiger charge is -2.37. The maximum atomic E-state index is 13.7. The maximum absolute atomic E-state index is 13.7. The van der Waals surface area contributed by atoms with Gasteiger partial charge in [0.2, 0.25) is 5.88 Å². The largest absolute Gasteiger partial charge is 0.472 e. The zero-order valence-corrected chi connectivity index (χ0v) is 22.2. The fraction of sp³-hybridized carbons (Fsp3) is 0.483. The Kier molecular flexibility index (Phi) is 7.56. The van der Waals surface area contributed by atoms with Crippen molar-refractivity contribution in [1.82, 2.24) is 20.1 Å². The summed E-state index contributed by atoms with van der Waals surface area (Å²) in [5, 5.41) is 14.0. The van der Waals surface area contributed by atoms with Crippen molar-refractivity contribution in [3.8, 4) is 17.2 Å². The lowest BCUT2D eigenvalue weighted by Crippen LogP contribution is -2.52. The summed E-state index contributed by atoms with van der Waals surface area (Å²) in [7, 11) is 1.76. The van der Waals surface area contributed by atoms with E-state index in [0.29, 0.717) is 30.0 Å². The Morgan fingerprint density at radius 2 is 2.03 bits per heavy atom. The van der Waals surface area contributed by atoms with Gasteiger partial charge in [-0.1, -0.05) is 38.0 Å². The van der Waals surface area contributed by atoms with Gasteiger partial charge in [0, 0.05) is 42.7 Å². The molecule has 0 spiro atoms. The summed E-state index contributed by atoms with van der Waals surface area (Å²) in [6.07, 6.45) is 5.54. The van der Waals surface area contributed by atoms with Crippen LogP contribution in [0.2, 0.25) is 0 Å². The number of likely N-dealkylation sites (N-methyl/N-ethyl adjacent to an activating group) is 1. The molecule has 202 valence electrons. The van der Waals surface area contributed by atoms with Crippen molar-refractivity contribution in [2.24, 2.45) is 5.92 Å². The number of fused-ring (bicyclic) bond motifs is 2. The number of nitrogens with one attached hydrogen (secondary N) is 1. The quantitative estimate of drug-likeness (QED) is 0.502. The normalized spacial score (nSPS) is 20.9. The van der Waals surface area contributed by atoms with Gasteiger partial charge in [0.05, 0.1) is 19.2 Å². The fourth-order valence-electron chi connectivity index (χ4n) is 5.29. The summed E-state index contributed by atoms with van der Waals surface area (Å²) in [4.78, 5) is 34.4.